The average molecular weight is 245 g/mol. The van der Waals surface area contributed by atoms with Gasteiger partial charge in [-0.1, -0.05) is 43.7 Å². The molecule has 1 fully saturated rings. The monoisotopic (exact) mass is 245 g/mol. The Bertz CT molecular complexity index is 369. The summed E-state index contributed by atoms with van der Waals surface area (Å²) in [4.78, 5) is 4.64. The van der Waals surface area contributed by atoms with E-state index in [2.05, 4.69) is 46.8 Å². The number of aliphatic imine (C=N–C) groups is 1. The molecule has 18 heavy (non-hydrogen) atoms. The van der Waals surface area contributed by atoms with Gasteiger partial charge in [0.25, 0.3) is 0 Å². The lowest BCUT2D eigenvalue weighted by atomic mass is 10.2. The maximum absolute atomic E-state index is 4.64. The first-order valence-electron chi connectivity index (χ1n) is 6.97. The number of hydrogen-bond donors (Lipinski definition) is 2. The number of nitrogens with one attached hydrogen (secondary N) is 2. The fourth-order valence-corrected chi connectivity index (χ4v) is 1.71. The van der Waals surface area contributed by atoms with Crippen LogP contribution in [0.3, 0.4) is 0 Å². The van der Waals surface area contributed by atoms with Crippen LogP contribution in [0.2, 0.25) is 0 Å². The van der Waals surface area contributed by atoms with Crippen LogP contribution in [0.5, 0.6) is 0 Å². The van der Waals surface area contributed by atoms with Crippen molar-refractivity contribution in [3.05, 3.63) is 35.9 Å². The van der Waals surface area contributed by atoms with E-state index < -0.39 is 0 Å². The molecule has 98 valence electrons. The van der Waals surface area contributed by atoms with Crippen molar-refractivity contribution in [1.29, 1.82) is 0 Å². The van der Waals surface area contributed by atoms with Gasteiger partial charge >= 0.3 is 0 Å². The van der Waals surface area contributed by atoms with E-state index >= 15 is 0 Å². The first-order chi connectivity index (χ1) is 8.88. The van der Waals surface area contributed by atoms with Gasteiger partial charge in [-0.25, -0.2) is 4.99 Å². The number of benzene rings is 1. The Morgan fingerprint density at radius 2 is 2.06 bits per heavy atom. The summed E-state index contributed by atoms with van der Waals surface area (Å²) in [6.07, 6.45) is 4.96. The SMILES string of the molecule is CCCCNC(=NCc1ccccc1)NC1CC1. The van der Waals surface area contributed by atoms with Gasteiger partial charge in [-0.15, -0.1) is 0 Å². The predicted octanol–water partition coefficient (Wildman–Crippen LogP) is 2.68. The van der Waals surface area contributed by atoms with Crippen molar-refractivity contribution in [2.75, 3.05) is 6.54 Å². The summed E-state index contributed by atoms with van der Waals surface area (Å²) in [6, 6.07) is 11.0. The van der Waals surface area contributed by atoms with Gasteiger partial charge in [-0.3, -0.25) is 0 Å². The van der Waals surface area contributed by atoms with Gasteiger partial charge in [0.1, 0.15) is 0 Å². The number of nitrogens with zero attached hydrogens (tertiary/aromatic N) is 1. The molecule has 0 radical (unpaired) electrons. The van der Waals surface area contributed by atoms with Gasteiger partial charge in [0, 0.05) is 12.6 Å². The van der Waals surface area contributed by atoms with Crippen LogP contribution in [0.15, 0.2) is 35.3 Å². The van der Waals surface area contributed by atoms with E-state index in [9.17, 15) is 0 Å². The average Bonchev–Trinajstić information content (AvgIpc) is 3.21. The second kappa shape index (κ2) is 7.04. The molecule has 1 aromatic carbocycles. The lowest BCUT2D eigenvalue weighted by Crippen LogP contribution is -2.39. The highest BCUT2D eigenvalue weighted by atomic mass is 15.2. The highest BCUT2D eigenvalue weighted by Gasteiger charge is 2.22. The summed E-state index contributed by atoms with van der Waals surface area (Å²) in [6.45, 7) is 3.95. The van der Waals surface area contributed by atoms with Crippen LogP contribution in [-0.2, 0) is 6.54 Å². The lowest BCUT2D eigenvalue weighted by molar-refractivity contribution is 0.723. The molecule has 0 aliphatic heterocycles. The second-order valence-corrected chi connectivity index (χ2v) is 4.85. The van der Waals surface area contributed by atoms with Crippen molar-refractivity contribution in [1.82, 2.24) is 10.6 Å². The minimum Gasteiger partial charge on any atom is -0.356 e. The molecule has 2 N–H and O–H groups in total. The largest absolute Gasteiger partial charge is 0.356 e. The summed E-state index contributed by atoms with van der Waals surface area (Å²) >= 11 is 0. The molecule has 0 aromatic heterocycles. The molecular weight excluding hydrogens is 222 g/mol. The minimum atomic E-state index is 0.647. The molecule has 1 aliphatic carbocycles. The Hall–Kier alpha value is -1.51. The van der Waals surface area contributed by atoms with Crippen molar-refractivity contribution in [3.8, 4) is 0 Å². The highest BCUT2D eigenvalue weighted by Crippen LogP contribution is 2.18. The summed E-state index contributed by atoms with van der Waals surface area (Å²) in [5.41, 5.74) is 1.25. The van der Waals surface area contributed by atoms with E-state index in [4.69, 9.17) is 0 Å². The Morgan fingerprint density at radius 3 is 2.72 bits per heavy atom. The van der Waals surface area contributed by atoms with Gasteiger partial charge < -0.3 is 10.6 Å². The molecule has 0 heterocycles. The zero-order valence-electron chi connectivity index (χ0n) is 11.2. The molecule has 3 nitrogen and oxygen atoms in total. The molecule has 0 atom stereocenters. The van der Waals surface area contributed by atoms with Crippen molar-refractivity contribution in [3.63, 3.8) is 0 Å². The first kappa shape index (κ1) is 12.9. The standard InChI is InChI=1S/C15H23N3/c1-2-3-11-16-15(18-14-9-10-14)17-12-13-7-5-4-6-8-13/h4-8,14H,2-3,9-12H2,1H3,(H2,16,17,18). The Labute approximate surface area is 110 Å². The van der Waals surface area contributed by atoms with Crippen LogP contribution in [0.25, 0.3) is 0 Å². The second-order valence-electron chi connectivity index (χ2n) is 4.85. The van der Waals surface area contributed by atoms with Crippen molar-refractivity contribution in [2.45, 2.75) is 45.2 Å². The molecule has 1 aliphatic rings. The quantitative estimate of drug-likeness (QED) is 0.459. The summed E-state index contributed by atoms with van der Waals surface area (Å²) < 4.78 is 0. The van der Waals surface area contributed by atoms with Crippen molar-refractivity contribution < 1.29 is 0 Å². The maximum atomic E-state index is 4.64. The fraction of sp³-hybridized carbons (Fsp3) is 0.533. The molecule has 1 aromatic rings. The Kier molecular flexibility index (Phi) is 5.06. The summed E-state index contributed by atoms with van der Waals surface area (Å²) in [5, 5.41) is 6.86. The van der Waals surface area contributed by atoms with E-state index in [1.54, 1.807) is 0 Å². The summed E-state index contributed by atoms with van der Waals surface area (Å²) in [5.74, 6) is 0.967. The van der Waals surface area contributed by atoms with E-state index in [-0.39, 0.29) is 0 Å². The zero-order valence-corrected chi connectivity index (χ0v) is 11.2. The number of guanidine groups is 1. The van der Waals surface area contributed by atoms with Gasteiger partial charge in [0.15, 0.2) is 5.96 Å². The van der Waals surface area contributed by atoms with E-state index in [0.29, 0.717) is 6.04 Å². The van der Waals surface area contributed by atoms with E-state index in [0.717, 1.165) is 19.0 Å². The lowest BCUT2D eigenvalue weighted by Gasteiger charge is -2.11. The Balaban J connectivity index is 1.85. The van der Waals surface area contributed by atoms with Crippen LogP contribution < -0.4 is 10.6 Å². The van der Waals surface area contributed by atoms with E-state index in [1.165, 1.54) is 31.2 Å². The molecule has 3 heteroatoms. The third-order valence-corrected chi connectivity index (χ3v) is 3.00. The van der Waals surface area contributed by atoms with Crippen molar-refractivity contribution in [2.24, 2.45) is 4.99 Å². The minimum absolute atomic E-state index is 0.647. The number of unbranched alkanes of at least 4 members (excludes halogenated alkanes) is 1. The molecule has 0 unspecified atom stereocenters. The number of rotatable bonds is 6. The van der Waals surface area contributed by atoms with Crippen LogP contribution in [0.4, 0.5) is 0 Å². The van der Waals surface area contributed by atoms with Crippen LogP contribution in [0, 0.1) is 0 Å². The van der Waals surface area contributed by atoms with Crippen LogP contribution in [-0.4, -0.2) is 18.5 Å². The highest BCUT2D eigenvalue weighted by molar-refractivity contribution is 5.80. The maximum Gasteiger partial charge on any atom is 0.191 e. The van der Waals surface area contributed by atoms with Gasteiger partial charge in [-0.05, 0) is 24.8 Å². The Morgan fingerprint density at radius 1 is 1.28 bits per heavy atom. The molecule has 0 bridgehead atoms. The fourth-order valence-electron chi connectivity index (χ4n) is 1.71. The van der Waals surface area contributed by atoms with Gasteiger partial charge in [0.2, 0.25) is 0 Å². The predicted molar refractivity (Wildman–Crippen MR) is 76.6 cm³/mol. The van der Waals surface area contributed by atoms with Crippen molar-refractivity contribution >= 4 is 5.96 Å². The topological polar surface area (TPSA) is 36.4 Å². The molecule has 0 amide bonds. The van der Waals surface area contributed by atoms with E-state index in [1.807, 2.05) is 6.07 Å². The molecular formula is C15H23N3. The normalized spacial score (nSPS) is 15.5. The zero-order chi connectivity index (χ0) is 12.6. The molecule has 2 rings (SSSR count). The summed E-state index contributed by atoms with van der Waals surface area (Å²) in [7, 11) is 0. The van der Waals surface area contributed by atoms with Crippen LogP contribution >= 0.6 is 0 Å². The third-order valence-electron chi connectivity index (χ3n) is 3.00. The van der Waals surface area contributed by atoms with Crippen LogP contribution in [0.1, 0.15) is 38.2 Å². The molecule has 0 saturated heterocycles. The molecule has 1 saturated carbocycles. The van der Waals surface area contributed by atoms with Gasteiger partial charge in [0.05, 0.1) is 6.54 Å². The molecule has 0 spiro atoms. The number of hydrogen-bond acceptors (Lipinski definition) is 1. The first-order valence-corrected chi connectivity index (χ1v) is 6.97. The third kappa shape index (κ3) is 4.78. The smallest absolute Gasteiger partial charge is 0.191 e. The van der Waals surface area contributed by atoms with Gasteiger partial charge in [-0.2, -0.15) is 0 Å².